The van der Waals surface area contributed by atoms with Crippen molar-refractivity contribution >= 4 is 29.2 Å². The predicted molar refractivity (Wildman–Crippen MR) is 108 cm³/mol. The van der Waals surface area contributed by atoms with Crippen LogP contribution in [-0.4, -0.2) is 110 Å². The first kappa shape index (κ1) is 23.3. The van der Waals surface area contributed by atoms with Gasteiger partial charge in [-0.3, -0.25) is 9.35 Å². The summed E-state index contributed by atoms with van der Waals surface area (Å²) in [5.41, 5.74) is 0.320. The molecule has 0 aliphatic carbocycles. The molecule has 4 atom stereocenters. The standard InChI is InChI=1S/C16H30N3O7PS/c1-27(2,3)6-4-12-13(20)14(21)16(26-12)19-9-11(15(22)18-10-19)8-17-5-7-28(23,24)25/h9,12-14,16-17,20-21H,1,4-8,10H2,2-3H3,(H,18,22)(H,23,24,25)/t12-,13-,14-,16-/m1/s1. The Morgan fingerprint density at radius 1 is 1.39 bits per heavy atom. The average molecular weight is 439 g/mol. The van der Waals surface area contributed by atoms with Crippen molar-refractivity contribution in [2.24, 2.45) is 0 Å². The van der Waals surface area contributed by atoms with Crippen LogP contribution in [0.5, 0.6) is 0 Å². The Morgan fingerprint density at radius 3 is 2.68 bits per heavy atom. The second-order valence-electron chi connectivity index (χ2n) is 7.79. The van der Waals surface area contributed by atoms with Gasteiger partial charge in [0.15, 0.2) is 6.23 Å². The molecule has 0 saturated carbocycles. The monoisotopic (exact) mass is 439 g/mol. The number of nitrogens with zero attached hydrogens (tertiary/aromatic N) is 1. The highest BCUT2D eigenvalue weighted by atomic mass is 32.2. The Labute approximate surface area is 165 Å². The van der Waals surface area contributed by atoms with E-state index in [4.69, 9.17) is 9.29 Å². The highest BCUT2D eigenvalue weighted by Gasteiger charge is 2.45. The van der Waals surface area contributed by atoms with Gasteiger partial charge in [0.1, 0.15) is 12.2 Å². The molecule has 0 aromatic heterocycles. The summed E-state index contributed by atoms with van der Waals surface area (Å²) in [4.78, 5) is 13.6. The lowest BCUT2D eigenvalue weighted by atomic mass is 10.1. The van der Waals surface area contributed by atoms with E-state index in [0.29, 0.717) is 12.0 Å². The zero-order valence-corrected chi connectivity index (χ0v) is 17.8. The molecule has 12 heteroatoms. The van der Waals surface area contributed by atoms with Crippen LogP contribution in [0.15, 0.2) is 11.8 Å². The Morgan fingerprint density at radius 2 is 2.07 bits per heavy atom. The van der Waals surface area contributed by atoms with E-state index in [1.165, 1.54) is 6.20 Å². The molecule has 2 aliphatic heterocycles. The largest absolute Gasteiger partial charge is 0.388 e. The summed E-state index contributed by atoms with van der Waals surface area (Å²) in [6.07, 6.45) is 3.60. The lowest BCUT2D eigenvalue weighted by Gasteiger charge is -2.33. The number of aliphatic hydroxyl groups is 2. The molecule has 0 aromatic carbocycles. The number of hydrogen-bond acceptors (Lipinski definition) is 8. The molecule has 2 rings (SSSR count). The molecule has 0 radical (unpaired) electrons. The molecule has 5 N–H and O–H groups in total. The third-order valence-electron chi connectivity index (χ3n) is 4.57. The molecule has 0 bridgehead atoms. The first-order valence-electron chi connectivity index (χ1n) is 8.97. The summed E-state index contributed by atoms with van der Waals surface area (Å²) in [6, 6.07) is 0. The van der Waals surface area contributed by atoms with Crippen LogP contribution in [0.25, 0.3) is 0 Å². The van der Waals surface area contributed by atoms with E-state index in [-0.39, 0.29) is 25.7 Å². The molecular formula is C16H30N3O7PS. The average Bonchev–Trinajstić information content (AvgIpc) is 2.85. The molecule has 1 fully saturated rings. The summed E-state index contributed by atoms with van der Waals surface area (Å²) in [5, 5.41) is 26.1. The molecular weight excluding hydrogens is 409 g/mol. The van der Waals surface area contributed by atoms with E-state index in [1.807, 2.05) is 0 Å². The highest BCUT2D eigenvalue weighted by molar-refractivity contribution is 7.85. The normalized spacial score (nSPS) is 29.0. The van der Waals surface area contributed by atoms with Crippen molar-refractivity contribution in [2.45, 2.75) is 31.0 Å². The number of rotatable bonds is 9. The topological polar surface area (TPSA) is 148 Å². The van der Waals surface area contributed by atoms with Gasteiger partial charge in [-0.1, -0.05) is 0 Å². The maximum Gasteiger partial charge on any atom is 0.266 e. The first-order chi connectivity index (χ1) is 12.9. The molecule has 0 unspecified atom stereocenters. The Kier molecular flexibility index (Phi) is 7.71. The Bertz CT molecular complexity index is 751. The fourth-order valence-corrected chi connectivity index (χ4v) is 4.37. The van der Waals surface area contributed by atoms with E-state index in [1.54, 1.807) is 4.90 Å². The number of ether oxygens (including phenoxy) is 1. The zero-order chi connectivity index (χ0) is 21.1. The predicted octanol–water partition coefficient (Wildman–Crippen LogP) is -1.72. The molecule has 2 heterocycles. The molecule has 162 valence electrons. The van der Waals surface area contributed by atoms with E-state index >= 15 is 0 Å². The fourth-order valence-electron chi connectivity index (χ4n) is 3.01. The van der Waals surface area contributed by atoms with Crippen molar-refractivity contribution in [3.8, 4) is 0 Å². The van der Waals surface area contributed by atoms with Gasteiger partial charge < -0.3 is 30.5 Å². The van der Waals surface area contributed by atoms with E-state index in [0.717, 1.165) is 6.16 Å². The van der Waals surface area contributed by atoms with Crippen molar-refractivity contribution in [1.82, 2.24) is 15.5 Å². The van der Waals surface area contributed by atoms with Gasteiger partial charge in [-0.05, 0) is 25.9 Å². The van der Waals surface area contributed by atoms with Crippen molar-refractivity contribution in [3.63, 3.8) is 0 Å². The second kappa shape index (κ2) is 9.25. The van der Waals surface area contributed by atoms with Gasteiger partial charge in [0.25, 0.3) is 16.0 Å². The minimum Gasteiger partial charge on any atom is -0.388 e. The van der Waals surface area contributed by atoms with Crippen LogP contribution in [0.2, 0.25) is 0 Å². The smallest absolute Gasteiger partial charge is 0.266 e. The second-order valence-corrected chi connectivity index (χ2v) is 13.7. The molecule has 2 aliphatic rings. The van der Waals surface area contributed by atoms with Crippen LogP contribution in [0, 0.1) is 0 Å². The van der Waals surface area contributed by atoms with Crippen LogP contribution in [0.1, 0.15) is 6.42 Å². The Balaban J connectivity index is 1.98. The first-order valence-corrected chi connectivity index (χ1v) is 13.6. The number of carbonyl (C=O) groups is 1. The van der Waals surface area contributed by atoms with Gasteiger partial charge in [0.2, 0.25) is 0 Å². The van der Waals surface area contributed by atoms with Gasteiger partial charge in [-0.15, -0.1) is 13.2 Å². The molecule has 1 saturated heterocycles. The summed E-state index contributed by atoms with van der Waals surface area (Å²) in [7, 11) is -4.08. The molecule has 10 nitrogen and oxygen atoms in total. The SMILES string of the molecule is C=P(C)(C)CC[C@H]1O[C@@H](N2C=C(CNCCS(=O)(=O)O)C(=O)NC2)[C@H](O)[C@@H]1O. The van der Waals surface area contributed by atoms with Crippen molar-refractivity contribution in [1.29, 1.82) is 0 Å². The van der Waals surface area contributed by atoms with E-state index < -0.39 is 47.3 Å². The van der Waals surface area contributed by atoms with Gasteiger partial charge in [0.05, 0.1) is 18.5 Å². The van der Waals surface area contributed by atoms with Crippen LogP contribution >= 0.6 is 6.89 Å². The Hall–Kier alpha value is -0.940. The summed E-state index contributed by atoms with van der Waals surface area (Å²) < 4.78 is 36.0. The lowest BCUT2D eigenvalue weighted by Crippen LogP contribution is -2.50. The molecule has 1 amide bonds. The van der Waals surface area contributed by atoms with Crippen LogP contribution in [-0.2, 0) is 19.6 Å². The van der Waals surface area contributed by atoms with E-state index in [2.05, 4.69) is 30.3 Å². The highest BCUT2D eigenvalue weighted by Crippen LogP contribution is 2.38. The van der Waals surface area contributed by atoms with Crippen molar-refractivity contribution in [3.05, 3.63) is 11.8 Å². The van der Waals surface area contributed by atoms with Crippen molar-refractivity contribution in [2.75, 3.05) is 45.0 Å². The number of nitrogens with one attached hydrogen (secondary N) is 2. The van der Waals surface area contributed by atoms with Crippen LogP contribution < -0.4 is 10.6 Å². The zero-order valence-electron chi connectivity index (χ0n) is 16.1. The summed E-state index contributed by atoms with van der Waals surface area (Å²) in [6.45, 7) is 3.07. The third-order valence-corrected chi connectivity index (χ3v) is 6.76. The molecule has 0 aromatic rings. The molecule has 0 spiro atoms. The minimum atomic E-state index is -4.08. The number of aliphatic hydroxyl groups excluding tert-OH is 2. The maximum atomic E-state index is 12.0. The number of hydrogen-bond donors (Lipinski definition) is 5. The van der Waals surface area contributed by atoms with Crippen molar-refractivity contribution < 1.29 is 32.7 Å². The number of amides is 1. The minimum absolute atomic E-state index is 0.0171. The quantitative estimate of drug-likeness (QED) is 0.161. The summed E-state index contributed by atoms with van der Waals surface area (Å²) >= 11 is 0. The maximum absolute atomic E-state index is 12.0. The van der Waals surface area contributed by atoms with Crippen LogP contribution in [0.3, 0.4) is 0 Å². The molecule has 28 heavy (non-hydrogen) atoms. The third kappa shape index (κ3) is 6.84. The lowest BCUT2D eigenvalue weighted by molar-refractivity contribution is -0.122. The fraction of sp³-hybridized carbons (Fsp3) is 0.750. The van der Waals surface area contributed by atoms with Gasteiger partial charge in [0, 0.05) is 24.9 Å². The summed E-state index contributed by atoms with van der Waals surface area (Å²) in [5.74, 6) is -0.793. The van der Waals surface area contributed by atoms with Gasteiger partial charge >= 0.3 is 0 Å². The number of carbonyl (C=O) groups excluding carboxylic acids is 1. The van der Waals surface area contributed by atoms with Gasteiger partial charge in [-0.2, -0.15) is 8.42 Å². The van der Waals surface area contributed by atoms with E-state index in [9.17, 15) is 23.4 Å². The van der Waals surface area contributed by atoms with Gasteiger partial charge in [-0.25, -0.2) is 0 Å². The van der Waals surface area contributed by atoms with Crippen LogP contribution in [0.4, 0.5) is 0 Å².